The molecule has 4 aromatic rings. The average Bonchev–Trinajstić information content (AvgIpc) is 3.32. The van der Waals surface area contributed by atoms with Gasteiger partial charge in [-0.25, -0.2) is 0 Å². The number of aliphatic hydroxyl groups is 1. The Kier molecular flexibility index (Phi) is 14.0. The van der Waals surface area contributed by atoms with Gasteiger partial charge in [0.05, 0.1) is 0 Å². The van der Waals surface area contributed by atoms with Crippen molar-refractivity contribution in [3.63, 3.8) is 0 Å². The zero-order valence-corrected chi connectivity index (χ0v) is 23.6. The molecule has 0 aliphatic heterocycles. The second-order valence-corrected chi connectivity index (χ2v) is 8.57. The minimum absolute atomic E-state index is 0. The van der Waals surface area contributed by atoms with Gasteiger partial charge in [-0.05, 0) is 30.8 Å². The van der Waals surface area contributed by atoms with Crippen LogP contribution in [0, 0.1) is 6.07 Å². The number of allylic oxidation sites excluding steroid dienone is 3. The third-order valence-electron chi connectivity index (χ3n) is 5.76. The van der Waals surface area contributed by atoms with Gasteiger partial charge >= 0.3 is 21.7 Å². The van der Waals surface area contributed by atoms with Gasteiger partial charge in [0.25, 0.3) is 0 Å². The number of rotatable bonds is 5. The maximum atomic E-state index is 9.99. The first-order chi connectivity index (χ1) is 16.1. The zero-order chi connectivity index (χ0) is 23.0. The van der Waals surface area contributed by atoms with E-state index in [2.05, 4.69) is 79.7 Å². The molecule has 2 nitrogen and oxygen atoms in total. The third kappa shape index (κ3) is 8.45. The second-order valence-electron chi connectivity index (χ2n) is 8.57. The van der Waals surface area contributed by atoms with Gasteiger partial charge in [0, 0.05) is 12.5 Å². The predicted molar refractivity (Wildman–Crippen MR) is 138 cm³/mol. The SMILES string of the molecule is CN(C)CC1=CC=CC1c1[c-]c2ccccc2cc1.OC(c1ccccc1)c1ccccc1.[Cl-].[Cl-].[Ti+3]. The fraction of sp³-hybridized carbons (Fsp3) is 0.161. The molecule has 1 radical (unpaired) electrons. The van der Waals surface area contributed by atoms with Crippen LogP contribution < -0.4 is 24.8 Å². The number of benzene rings is 4. The smallest absolute Gasteiger partial charge is 1.00 e. The van der Waals surface area contributed by atoms with E-state index in [0.29, 0.717) is 5.92 Å². The summed E-state index contributed by atoms with van der Waals surface area (Å²) in [4.78, 5) is 2.22. The molecule has 5 heteroatoms. The number of halogens is 2. The van der Waals surface area contributed by atoms with Crippen LogP contribution in [0.15, 0.2) is 121 Å². The summed E-state index contributed by atoms with van der Waals surface area (Å²) >= 11 is 0. The summed E-state index contributed by atoms with van der Waals surface area (Å²) in [5.74, 6) is 0.381. The van der Waals surface area contributed by atoms with Crippen LogP contribution in [0.2, 0.25) is 0 Å². The summed E-state index contributed by atoms with van der Waals surface area (Å²) in [5.41, 5.74) is 4.56. The fourth-order valence-corrected chi connectivity index (χ4v) is 4.11. The molecular weight excluding hydrogens is 521 g/mol. The van der Waals surface area contributed by atoms with Gasteiger partial charge in [-0.2, -0.15) is 0 Å². The van der Waals surface area contributed by atoms with Crippen molar-refractivity contribution in [3.05, 3.63) is 144 Å². The number of hydrogen-bond acceptors (Lipinski definition) is 2. The Hall–Kier alpha value is -2.17. The Morgan fingerprint density at radius 2 is 1.33 bits per heavy atom. The largest absolute Gasteiger partial charge is 3.00 e. The van der Waals surface area contributed by atoms with Gasteiger partial charge in [-0.1, -0.05) is 91.0 Å². The molecule has 1 N–H and O–H groups in total. The molecule has 1 unspecified atom stereocenters. The maximum Gasteiger partial charge on any atom is 3.00 e. The van der Waals surface area contributed by atoms with Gasteiger partial charge < -0.3 is 34.8 Å². The van der Waals surface area contributed by atoms with Crippen molar-refractivity contribution in [3.8, 4) is 0 Å². The van der Waals surface area contributed by atoms with E-state index >= 15 is 0 Å². The summed E-state index contributed by atoms with van der Waals surface area (Å²) in [6.45, 7) is 0.998. The zero-order valence-electron chi connectivity index (χ0n) is 20.5. The van der Waals surface area contributed by atoms with Gasteiger partial charge in [0.2, 0.25) is 0 Å². The van der Waals surface area contributed by atoms with Crippen molar-refractivity contribution in [1.82, 2.24) is 4.90 Å². The van der Waals surface area contributed by atoms with E-state index in [0.717, 1.165) is 17.7 Å². The first kappa shape index (κ1) is 31.9. The minimum atomic E-state index is -0.516. The van der Waals surface area contributed by atoms with Crippen LogP contribution in [0.3, 0.4) is 0 Å². The first-order valence-electron chi connectivity index (χ1n) is 11.3. The Bertz CT molecular complexity index is 1200. The normalized spacial score (nSPS) is 13.7. The summed E-state index contributed by atoms with van der Waals surface area (Å²) in [6.07, 6.45) is 6.14. The molecule has 183 valence electrons. The van der Waals surface area contributed by atoms with Gasteiger partial charge in [-0.15, -0.1) is 46.7 Å². The van der Waals surface area contributed by atoms with Crippen LogP contribution in [0.25, 0.3) is 10.8 Å². The Morgan fingerprint density at radius 1 is 0.778 bits per heavy atom. The van der Waals surface area contributed by atoms with Crippen LogP contribution in [0.5, 0.6) is 0 Å². The molecule has 0 amide bonds. The Labute approximate surface area is 242 Å². The van der Waals surface area contributed by atoms with Crippen LogP contribution >= 0.6 is 0 Å². The van der Waals surface area contributed by atoms with Gasteiger partial charge in [0.1, 0.15) is 6.10 Å². The molecule has 0 bridgehead atoms. The standard InChI is InChI=1S/C18H18N.C13H12O.2ClH.Ti/c1-19(2)13-17-8-5-9-18(17)16-11-10-14-6-3-4-7-15(14)12-16;14-13(11-7-3-1-4-8-11)12-9-5-2-6-10-12;;;/h3-11,18H,13H2,1-2H3;1-10,13-14H;2*1H;/q-1;;;;+3/p-2. The number of fused-ring (bicyclic) bond motifs is 1. The van der Waals surface area contributed by atoms with E-state index in [9.17, 15) is 5.11 Å². The van der Waals surface area contributed by atoms with Crippen molar-refractivity contribution in [2.45, 2.75) is 12.0 Å². The van der Waals surface area contributed by atoms with Crippen molar-refractivity contribution in [2.24, 2.45) is 0 Å². The van der Waals surface area contributed by atoms with Crippen LogP contribution in [0.4, 0.5) is 0 Å². The molecule has 1 aliphatic rings. The predicted octanol–water partition coefficient (Wildman–Crippen LogP) is 0.555. The second kappa shape index (κ2) is 15.8. The molecule has 4 aromatic carbocycles. The number of hydrogen-bond donors (Lipinski definition) is 1. The summed E-state index contributed by atoms with van der Waals surface area (Å²) in [6, 6.07) is 35.7. The van der Waals surface area contributed by atoms with Crippen LogP contribution in [0.1, 0.15) is 28.7 Å². The van der Waals surface area contributed by atoms with E-state index in [4.69, 9.17) is 0 Å². The van der Waals surface area contributed by atoms with Crippen LogP contribution in [-0.2, 0) is 21.7 Å². The fourth-order valence-electron chi connectivity index (χ4n) is 4.11. The number of nitrogens with zero attached hydrogens (tertiary/aromatic N) is 1. The van der Waals surface area contributed by atoms with Crippen molar-refractivity contribution < 1.29 is 51.6 Å². The van der Waals surface area contributed by atoms with Crippen LogP contribution in [-0.4, -0.2) is 30.6 Å². The quantitative estimate of drug-likeness (QED) is 0.290. The third-order valence-corrected chi connectivity index (χ3v) is 5.76. The average molecular weight is 551 g/mol. The number of likely N-dealkylation sites (N-methyl/N-ethyl adjacent to an activating group) is 1. The molecule has 0 spiro atoms. The molecule has 1 aliphatic carbocycles. The Morgan fingerprint density at radius 3 is 1.92 bits per heavy atom. The molecule has 0 heterocycles. The summed E-state index contributed by atoms with van der Waals surface area (Å²) in [5, 5.41) is 12.4. The molecule has 0 fully saturated rings. The molecule has 0 saturated carbocycles. The van der Waals surface area contributed by atoms with Crippen molar-refractivity contribution in [1.29, 1.82) is 0 Å². The molecule has 5 rings (SSSR count). The van der Waals surface area contributed by atoms with E-state index in [-0.39, 0.29) is 46.5 Å². The summed E-state index contributed by atoms with van der Waals surface area (Å²) < 4.78 is 0. The van der Waals surface area contributed by atoms with E-state index in [1.807, 2.05) is 60.7 Å². The molecule has 0 saturated heterocycles. The maximum absolute atomic E-state index is 9.99. The van der Waals surface area contributed by atoms with E-state index in [1.54, 1.807) is 0 Å². The number of aliphatic hydroxyl groups excluding tert-OH is 1. The first-order valence-corrected chi connectivity index (χ1v) is 11.3. The van der Waals surface area contributed by atoms with E-state index in [1.165, 1.54) is 21.9 Å². The summed E-state index contributed by atoms with van der Waals surface area (Å²) in [7, 11) is 4.22. The van der Waals surface area contributed by atoms with Crippen molar-refractivity contribution >= 4 is 10.8 Å². The molecule has 1 atom stereocenters. The Balaban J connectivity index is 0.000000345. The topological polar surface area (TPSA) is 23.5 Å². The van der Waals surface area contributed by atoms with Gasteiger partial charge in [-0.3, -0.25) is 0 Å². The van der Waals surface area contributed by atoms with Gasteiger partial charge in [0.15, 0.2) is 0 Å². The molecule has 0 aromatic heterocycles. The van der Waals surface area contributed by atoms with Crippen molar-refractivity contribution in [2.75, 3.05) is 20.6 Å². The monoisotopic (exact) mass is 550 g/mol. The minimum Gasteiger partial charge on any atom is -1.00 e. The molecule has 36 heavy (non-hydrogen) atoms. The molecular formula is C31H30Cl2NOTi. The van der Waals surface area contributed by atoms with E-state index < -0.39 is 6.10 Å².